The van der Waals surface area contributed by atoms with E-state index < -0.39 is 40.1 Å². The number of sulfonamides is 1. The van der Waals surface area contributed by atoms with Gasteiger partial charge < -0.3 is 4.74 Å². The SMILES string of the molecule is Cc1ccc(S(=O)(=O)N(C)CC(=O)NNC(=O)c2cccc(NC(=O)OC(C)(C)C)c2)cc1. The van der Waals surface area contributed by atoms with Gasteiger partial charge in [0.05, 0.1) is 11.4 Å². The van der Waals surface area contributed by atoms with Gasteiger partial charge in [0.2, 0.25) is 10.0 Å². The van der Waals surface area contributed by atoms with Crippen molar-refractivity contribution in [2.45, 2.75) is 38.2 Å². The summed E-state index contributed by atoms with van der Waals surface area (Å²) in [6, 6.07) is 12.2. The highest BCUT2D eigenvalue weighted by atomic mass is 32.2. The summed E-state index contributed by atoms with van der Waals surface area (Å²) < 4.78 is 31.2. The molecule has 10 nitrogen and oxygen atoms in total. The molecule has 0 aliphatic heterocycles. The summed E-state index contributed by atoms with van der Waals surface area (Å²) in [4.78, 5) is 36.5. The van der Waals surface area contributed by atoms with Gasteiger partial charge in [0.1, 0.15) is 5.60 Å². The molecule has 3 amide bonds. The number of amides is 3. The van der Waals surface area contributed by atoms with Crippen molar-refractivity contribution in [1.29, 1.82) is 0 Å². The van der Waals surface area contributed by atoms with E-state index in [0.717, 1.165) is 9.87 Å². The van der Waals surface area contributed by atoms with Crippen LogP contribution in [-0.4, -0.2) is 49.8 Å². The lowest BCUT2D eigenvalue weighted by Crippen LogP contribution is -2.46. The molecule has 0 spiro atoms. The van der Waals surface area contributed by atoms with E-state index in [1.807, 2.05) is 6.92 Å². The van der Waals surface area contributed by atoms with Crippen LogP contribution < -0.4 is 16.2 Å². The van der Waals surface area contributed by atoms with Crippen LogP contribution in [0.3, 0.4) is 0 Å². The zero-order valence-electron chi connectivity index (χ0n) is 19.1. The Labute approximate surface area is 193 Å². The van der Waals surface area contributed by atoms with E-state index in [2.05, 4.69) is 16.2 Å². The normalized spacial score (nSPS) is 11.6. The molecule has 0 saturated carbocycles. The summed E-state index contributed by atoms with van der Waals surface area (Å²) in [5, 5.41) is 2.52. The lowest BCUT2D eigenvalue weighted by Gasteiger charge is -2.19. The Hall–Kier alpha value is -3.44. The van der Waals surface area contributed by atoms with Gasteiger partial charge in [0, 0.05) is 18.3 Å². The molecule has 0 heterocycles. The van der Waals surface area contributed by atoms with Crippen LogP contribution >= 0.6 is 0 Å². The number of hydrazine groups is 1. The van der Waals surface area contributed by atoms with Gasteiger partial charge in [0.15, 0.2) is 0 Å². The van der Waals surface area contributed by atoms with Crippen molar-refractivity contribution in [2.24, 2.45) is 0 Å². The van der Waals surface area contributed by atoms with Crippen LogP contribution in [0.25, 0.3) is 0 Å². The van der Waals surface area contributed by atoms with Crippen LogP contribution in [0.5, 0.6) is 0 Å². The van der Waals surface area contributed by atoms with E-state index in [1.54, 1.807) is 45.0 Å². The topological polar surface area (TPSA) is 134 Å². The van der Waals surface area contributed by atoms with Crippen LogP contribution in [-0.2, 0) is 19.6 Å². The van der Waals surface area contributed by atoms with Crippen LogP contribution in [0.2, 0.25) is 0 Å². The number of hydrogen-bond donors (Lipinski definition) is 3. The first-order chi connectivity index (χ1) is 15.3. The molecule has 11 heteroatoms. The number of carbonyl (C=O) groups is 3. The number of ether oxygens (including phenoxy) is 1. The predicted molar refractivity (Wildman–Crippen MR) is 123 cm³/mol. The molecule has 0 aliphatic rings. The number of anilines is 1. The molecule has 0 atom stereocenters. The highest BCUT2D eigenvalue weighted by Crippen LogP contribution is 2.15. The maximum atomic E-state index is 12.6. The van der Waals surface area contributed by atoms with E-state index in [-0.39, 0.29) is 10.5 Å². The van der Waals surface area contributed by atoms with Crippen LogP contribution in [0.1, 0.15) is 36.7 Å². The van der Waals surface area contributed by atoms with E-state index in [9.17, 15) is 22.8 Å². The zero-order valence-corrected chi connectivity index (χ0v) is 19.9. The van der Waals surface area contributed by atoms with Gasteiger partial charge in [0.25, 0.3) is 11.8 Å². The molecule has 0 aliphatic carbocycles. The first kappa shape index (κ1) is 25.8. The number of likely N-dealkylation sites (N-methyl/N-ethyl adjacent to an activating group) is 1. The minimum absolute atomic E-state index is 0.0572. The Balaban J connectivity index is 1.93. The fourth-order valence-corrected chi connectivity index (χ4v) is 3.70. The number of nitrogens with zero attached hydrogens (tertiary/aromatic N) is 1. The average Bonchev–Trinajstić information content (AvgIpc) is 2.71. The third kappa shape index (κ3) is 7.88. The average molecular weight is 477 g/mol. The van der Waals surface area contributed by atoms with Gasteiger partial charge in [-0.25, -0.2) is 13.2 Å². The molecule has 178 valence electrons. The number of carbonyl (C=O) groups excluding carboxylic acids is 3. The molecule has 33 heavy (non-hydrogen) atoms. The molecule has 2 rings (SSSR count). The van der Waals surface area contributed by atoms with Gasteiger partial charge in [-0.2, -0.15) is 4.31 Å². The highest BCUT2D eigenvalue weighted by molar-refractivity contribution is 7.89. The summed E-state index contributed by atoms with van der Waals surface area (Å²) in [6.07, 6.45) is -0.675. The lowest BCUT2D eigenvalue weighted by atomic mass is 10.2. The van der Waals surface area contributed by atoms with Crippen molar-refractivity contribution in [3.63, 3.8) is 0 Å². The molecule has 0 aromatic heterocycles. The first-order valence-corrected chi connectivity index (χ1v) is 11.4. The Kier molecular flexibility index (Phi) is 8.18. The fraction of sp³-hybridized carbons (Fsp3) is 0.318. The molecule has 3 N–H and O–H groups in total. The Bertz CT molecular complexity index is 1120. The van der Waals surface area contributed by atoms with E-state index >= 15 is 0 Å². The van der Waals surface area contributed by atoms with Crippen LogP contribution in [0.15, 0.2) is 53.4 Å². The maximum Gasteiger partial charge on any atom is 0.412 e. The molecular formula is C22H28N4O6S. The van der Waals surface area contributed by atoms with Crippen molar-refractivity contribution in [2.75, 3.05) is 18.9 Å². The second-order valence-electron chi connectivity index (χ2n) is 8.28. The van der Waals surface area contributed by atoms with Gasteiger partial charge in [-0.3, -0.25) is 25.8 Å². The third-order valence-corrected chi connectivity index (χ3v) is 6.00. The van der Waals surface area contributed by atoms with Crippen molar-refractivity contribution in [3.05, 3.63) is 59.7 Å². The molecule has 0 fully saturated rings. The standard InChI is InChI=1S/C22H28N4O6S/c1-15-9-11-18(12-10-15)33(30,31)26(5)14-19(27)24-25-20(28)16-7-6-8-17(13-16)23-21(29)32-22(2,3)4/h6-13H,14H2,1-5H3,(H,23,29)(H,24,27)(H,25,28). The summed E-state index contributed by atoms with van der Waals surface area (Å²) in [7, 11) is -2.60. The van der Waals surface area contributed by atoms with Gasteiger partial charge >= 0.3 is 6.09 Å². The first-order valence-electron chi connectivity index (χ1n) is 10.0. The number of benzene rings is 2. The second-order valence-corrected chi connectivity index (χ2v) is 10.3. The quantitative estimate of drug-likeness (QED) is 0.548. The van der Waals surface area contributed by atoms with Gasteiger partial charge in [-0.1, -0.05) is 23.8 Å². The van der Waals surface area contributed by atoms with E-state index in [0.29, 0.717) is 5.69 Å². The number of hydrogen-bond acceptors (Lipinski definition) is 6. The summed E-state index contributed by atoms with van der Waals surface area (Å²) in [5.41, 5.74) is 5.11. The maximum absolute atomic E-state index is 12.6. The molecular weight excluding hydrogens is 448 g/mol. The minimum atomic E-state index is -3.86. The smallest absolute Gasteiger partial charge is 0.412 e. The molecule has 0 bridgehead atoms. The number of nitrogens with one attached hydrogen (secondary N) is 3. The van der Waals surface area contributed by atoms with Crippen LogP contribution in [0, 0.1) is 6.92 Å². The van der Waals surface area contributed by atoms with Gasteiger partial charge in [-0.15, -0.1) is 0 Å². The molecule has 0 unspecified atom stereocenters. The lowest BCUT2D eigenvalue weighted by molar-refractivity contribution is -0.121. The third-order valence-electron chi connectivity index (χ3n) is 4.18. The molecule has 0 radical (unpaired) electrons. The van der Waals surface area contributed by atoms with Crippen molar-refractivity contribution >= 4 is 33.6 Å². The molecule has 2 aromatic rings. The van der Waals surface area contributed by atoms with E-state index in [4.69, 9.17) is 4.74 Å². The Morgan fingerprint density at radius 1 is 1.00 bits per heavy atom. The Morgan fingerprint density at radius 2 is 1.64 bits per heavy atom. The Morgan fingerprint density at radius 3 is 2.24 bits per heavy atom. The van der Waals surface area contributed by atoms with Crippen LogP contribution in [0.4, 0.5) is 10.5 Å². The predicted octanol–water partition coefficient (Wildman–Crippen LogP) is 2.42. The molecule has 0 saturated heterocycles. The molecule has 2 aromatic carbocycles. The van der Waals surface area contributed by atoms with E-state index in [1.165, 1.54) is 31.3 Å². The minimum Gasteiger partial charge on any atom is -0.444 e. The number of rotatable bonds is 6. The summed E-state index contributed by atoms with van der Waals surface area (Å²) >= 11 is 0. The largest absolute Gasteiger partial charge is 0.444 e. The number of aryl methyl sites for hydroxylation is 1. The highest BCUT2D eigenvalue weighted by Gasteiger charge is 2.23. The second kappa shape index (κ2) is 10.5. The van der Waals surface area contributed by atoms with Crippen molar-refractivity contribution in [3.8, 4) is 0 Å². The zero-order chi connectivity index (χ0) is 24.8. The summed E-state index contributed by atoms with van der Waals surface area (Å²) in [5.74, 6) is -1.38. The van der Waals surface area contributed by atoms with Crippen molar-refractivity contribution in [1.82, 2.24) is 15.2 Å². The van der Waals surface area contributed by atoms with Crippen molar-refractivity contribution < 1.29 is 27.5 Å². The summed E-state index contributed by atoms with van der Waals surface area (Å²) in [6.45, 7) is 6.50. The fourth-order valence-electron chi connectivity index (χ4n) is 2.58. The van der Waals surface area contributed by atoms with Gasteiger partial charge in [-0.05, 0) is 58.0 Å². The monoisotopic (exact) mass is 476 g/mol.